The molecule has 0 saturated carbocycles. The van der Waals surface area contributed by atoms with E-state index in [1.807, 2.05) is 73.3 Å². The molecule has 5 rings (SSSR count). The Morgan fingerprint density at radius 1 is 0.744 bits per heavy atom. The maximum absolute atomic E-state index is 13.6. The zero-order valence-electron chi connectivity index (χ0n) is 23.0. The molecule has 3 amide bonds. The van der Waals surface area contributed by atoms with Crippen LogP contribution in [0, 0.1) is 13.8 Å². The molecule has 2 fully saturated rings. The largest absolute Gasteiger partial charge is 0.495 e. The van der Waals surface area contributed by atoms with Crippen molar-refractivity contribution >= 4 is 34.7 Å². The van der Waals surface area contributed by atoms with Gasteiger partial charge in [-0.05, 0) is 68.1 Å². The molecule has 0 bridgehead atoms. The summed E-state index contributed by atoms with van der Waals surface area (Å²) in [5.41, 5.74) is 6.02. The zero-order chi connectivity index (χ0) is 27.4. The number of hydrogen-bond donors (Lipinski definition) is 2. The van der Waals surface area contributed by atoms with E-state index in [1.54, 1.807) is 7.11 Å². The van der Waals surface area contributed by atoms with Crippen molar-refractivity contribution < 1.29 is 14.3 Å². The number of likely N-dealkylation sites (tertiary alicyclic amines) is 1. The van der Waals surface area contributed by atoms with E-state index in [0.29, 0.717) is 11.3 Å². The van der Waals surface area contributed by atoms with Gasteiger partial charge in [0.05, 0.1) is 18.4 Å². The van der Waals surface area contributed by atoms with Gasteiger partial charge in [-0.3, -0.25) is 4.79 Å². The topological polar surface area (TPSA) is 77.1 Å². The molecule has 8 heteroatoms. The molecule has 2 heterocycles. The lowest BCUT2D eigenvalue weighted by molar-refractivity contribution is 0.0793. The molecule has 0 atom stereocenters. The SMILES string of the molecule is COc1ccccc1N1CCN(c2ccc(NC(=O)Nc3c(C)cccc3C)cc2C(=O)N2CCCC2)CC1. The molecule has 2 aliphatic rings. The number of amides is 3. The highest BCUT2D eigenvalue weighted by molar-refractivity contribution is 6.04. The van der Waals surface area contributed by atoms with Gasteiger partial charge in [0, 0.05) is 56.3 Å². The lowest BCUT2D eigenvalue weighted by Gasteiger charge is -2.38. The Labute approximate surface area is 230 Å². The van der Waals surface area contributed by atoms with Gasteiger partial charge in [0.2, 0.25) is 0 Å². The van der Waals surface area contributed by atoms with Crippen molar-refractivity contribution in [1.29, 1.82) is 0 Å². The second-order valence-corrected chi connectivity index (χ2v) is 10.2. The van der Waals surface area contributed by atoms with Crippen molar-refractivity contribution in [3.05, 3.63) is 77.4 Å². The Kier molecular flexibility index (Phi) is 7.91. The van der Waals surface area contributed by atoms with Crippen LogP contribution in [0.15, 0.2) is 60.7 Å². The van der Waals surface area contributed by atoms with Gasteiger partial charge in [0.25, 0.3) is 5.91 Å². The van der Waals surface area contributed by atoms with Gasteiger partial charge in [-0.1, -0.05) is 30.3 Å². The number of carbonyl (C=O) groups is 2. The van der Waals surface area contributed by atoms with Crippen molar-refractivity contribution in [2.24, 2.45) is 0 Å². The van der Waals surface area contributed by atoms with Crippen molar-refractivity contribution in [3.63, 3.8) is 0 Å². The molecule has 0 unspecified atom stereocenters. The summed E-state index contributed by atoms with van der Waals surface area (Å²) in [6, 6.07) is 19.3. The minimum Gasteiger partial charge on any atom is -0.495 e. The first-order valence-corrected chi connectivity index (χ1v) is 13.6. The van der Waals surface area contributed by atoms with Crippen LogP contribution < -0.4 is 25.2 Å². The Morgan fingerprint density at radius 3 is 2.05 bits per heavy atom. The van der Waals surface area contributed by atoms with E-state index in [-0.39, 0.29) is 11.9 Å². The molecule has 2 saturated heterocycles. The minimum atomic E-state index is -0.329. The number of para-hydroxylation sites is 3. The molecule has 0 spiro atoms. The molecular formula is C31H37N5O3. The molecule has 2 N–H and O–H groups in total. The number of benzene rings is 3. The smallest absolute Gasteiger partial charge is 0.323 e. The third-order valence-electron chi connectivity index (χ3n) is 7.64. The maximum atomic E-state index is 13.6. The van der Waals surface area contributed by atoms with E-state index in [4.69, 9.17) is 4.74 Å². The Morgan fingerprint density at radius 2 is 1.38 bits per heavy atom. The summed E-state index contributed by atoms with van der Waals surface area (Å²) in [7, 11) is 1.70. The lowest BCUT2D eigenvalue weighted by Crippen LogP contribution is -2.47. The molecule has 39 heavy (non-hydrogen) atoms. The second kappa shape index (κ2) is 11.7. The maximum Gasteiger partial charge on any atom is 0.323 e. The first kappa shape index (κ1) is 26.4. The van der Waals surface area contributed by atoms with E-state index >= 15 is 0 Å². The van der Waals surface area contributed by atoms with Crippen LogP contribution in [0.25, 0.3) is 0 Å². The molecule has 3 aromatic carbocycles. The van der Waals surface area contributed by atoms with E-state index < -0.39 is 0 Å². The second-order valence-electron chi connectivity index (χ2n) is 10.2. The first-order valence-electron chi connectivity index (χ1n) is 13.6. The molecule has 0 aliphatic carbocycles. The number of rotatable bonds is 6. The molecule has 0 aromatic heterocycles. The normalized spacial score (nSPS) is 15.3. The van der Waals surface area contributed by atoms with Gasteiger partial charge in [0.1, 0.15) is 5.75 Å². The molecule has 0 radical (unpaired) electrons. The summed E-state index contributed by atoms with van der Waals surface area (Å²) in [6.07, 6.45) is 2.05. The fraction of sp³-hybridized carbons (Fsp3) is 0.355. The van der Waals surface area contributed by atoms with Crippen LogP contribution in [0.2, 0.25) is 0 Å². The Hall–Kier alpha value is -4.20. The number of carbonyl (C=O) groups excluding carboxylic acids is 2. The number of ether oxygens (including phenoxy) is 1. The fourth-order valence-electron chi connectivity index (χ4n) is 5.52. The van der Waals surface area contributed by atoms with Gasteiger partial charge in [-0.25, -0.2) is 4.79 Å². The number of nitrogens with one attached hydrogen (secondary N) is 2. The molecule has 2 aliphatic heterocycles. The van der Waals surface area contributed by atoms with Crippen LogP contribution in [-0.2, 0) is 0 Å². The van der Waals surface area contributed by atoms with Gasteiger partial charge in [-0.2, -0.15) is 0 Å². The van der Waals surface area contributed by atoms with Crippen LogP contribution >= 0.6 is 0 Å². The zero-order valence-corrected chi connectivity index (χ0v) is 23.0. The number of hydrogen-bond acceptors (Lipinski definition) is 5. The van der Waals surface area contributed by atoms with Crippen LogP contribution in [-0.4, -0.2) is 63.2 Å². The third kappa shape index (κ3) is 5.79. The van der Waals surface area contributed by atoms with Crippen LogP contribution in [0.4, 0.5) is 27.5 Å². The summed E-state index contributed by atoms with van der Waals surface area (Å²) in [4.78, 5) is 33.1. The number of urea groups is 1. The average molecular weight is 528 g/mol. The van der Waals surface area contributed by atoms with Crippen molar-refractivity contribution in [2.45, 2.75) is 26.7 Å². The first-order chi connectivity index (χ1) is 18.9. The van der Waals surface area contributed by atoms with E-state index in [2.05, 4.69) is 26.5 Å². The number of aryl methyl sites for hydroxylation is 2. The van der Waals surface area contributed by atoms with E-state index in [1.165, 1.54) is 0 Å². The van der Waals surface area contributed by atoms with Crippen molar-refractivity contribution in [1.82, 2.24) is 4.90 Å². The fourth-order valence-corrected chi connectivity index (χ4v) is 5.52. The number of piperazine rings is 1. The number of nitrogens with zero attached hydrogens (tertiary/aromatic N) is 3. The summed E-state index contributed by atoms with van der Waals surface area (Å²) in [6.45, 7) is 8.66. The van der Waals surface area contributed by atoms with E-state index in [9.17, 15) is 9.59 Å². The molecule has 3 aromatic rings. The highest BCUT2D eigenvalue weighted by Gasteiger charge is 2.27. The summed E-state index contributed by atoms with van der Waals surface area (Å²) in [5.74, 6) is 0.888. The summed E-state index contributed by atoms with van der Waals surface area (Å²) >= 11 is 0. The van der Waals surface area contributed by atoms with Gasteiger partial charge >= 0.3 is 6.03 Å². The monoisotopic (exact) mass is 527 g/mol. The van der Waals surface area contributed by atoms with Gasteiger partial charge in [0.15, 0.2) is 0 Å². The molecular weight excluding hydrogens is 490 g/mol. The number of anilines is 4. The highest BCUT2D eigenvalue weighted by atomic mass is 16.5. The summed E-state index contributed by atoms with van der Waals surface area (Å²) < 4.78 is 5.57. The molecule has 204 valence electrons. The third-order valence-corrected chi connectivity index (χ3v) is 7.64. The lowest BCUT2D eigenvalue weighted by atomic mass is 10.1. The average Bonchev–Trinajstić information content (AvgIpc) is 3.50. The van der Waals surface area contributed by atoms with Gasteiger partial charge in [-0.15, -0.1) is 0 Å². The van der Waals surface area contributed by atoms with Crippen molar-refractivity contribution in [2.75, 3.05) is 66.8 Å². The Bertz CT molecular complexity index is 1320. The number of methoxy groups -OCH3 is 1. The van der Waals surface area contributed by atoms with Crippen molar-refractivity contribution in [3.8, 4) is 5.75 Å². The highest BCUT2D eigenvalue weighted by Crippen LogP contribution is 2.32. The van der Waals surface area contributed by atoms with Gasteiger partial charge < -0.3 is 30.1 Å². The van der Waals surface area contributed by atoms with Crippen LogP contribution in [0.3, 0.4) is 0 Å². The summed E-state index contributed by atoms with van der Waals surface area (Å²) in [5, 5.41) is 5.91. The van der Waals surface area contributed by atoms with E-state index in [0.717, 1.165) is 86.0 Å². The predicted octanol–water partition coefficient (Wildman–Crippen LogP) is 5.52. The molecule has 8 nitrogen and oxygen atoms in total. The van der Waals surface area contributed by atoms with Crippen LogP contribution in [0.5, 0.6) is 5.75 Å². The standard InChI is InChI=1S/C31H37N5O3/c1-22-9-8-10-23(2)29(22)33-31(38)32-24-13-14-26(25(21-24)30(37)36-15-6-7-16-36)34-17-19-35(20-18-34)27-11-4-5-12-28(27)39-3/h4-5,8-14,21H,6-7,15-20H2,1-3H3,(H2,32,33,38). The quantitative estimate of drug-likeness (QED) is 0.442. The van der Waals surface area contributed by atoms with Crippen LogP contribution in [0.1, 0.15) is 34.3 Å². The minimum absolute atomic E-state index is 0.0217. The predicted molar refractivity (Wildman–Crippen MR) is 158 cm³/mol. The Balaban J connectivity index is 1.35.